The highest BCUT2D eigenvalue weighted by Crippen LogP contribution is 2.32. The number of aliphatic hydroxyl groups excluding tert-OH is 1. The predicted octanol–water partition coefficient (Wildman–Crippen LogP) is 2.68. The number of hydrogen-bond donors (Lipinski definition) is 1. The maximum Gasteiger partial charge on any atom is 0.119 e. The van der Waals surface area contributed by atoms with E-state index in [0.29, 0.717) is 25.2 Å². The largest absolute Gasteiger partial charge is 0.491 e. The minimum Gasteiger partial charge on any atom is -0.491 e. The van der Waals surface area contributed by atoms with E-state index in [0.717, 1.165) is 24.9 Å². The SMILES string of the molecule is Cc1cccc(OCC(O)CN2CCC3CCC(C2)N3C(C)C)c1. The molecule has 4 nitrogen and oxygen atoms in total. The van der Waals surface area contributed by atoms with E-state index in [-0.39, 0.29) is 0 Å². The molecule has 0 spiro atoms. The number of likely N-dealkylation sites (tertiary alicyclic amines) is 1. The number of β-amino-alcohol motifs (C(OH)–C–C–N with tert-alkyl or cyclic N) is 1. The maximum atomic E-state index is 10.4. The first-order chi connectivity index (χ1) is 11.5. The molecule has 4 heteroatoms. The Morgan fingerprint density at radius 2 is 2.00 bits per heavy atom. The predicted molar refractivity (Wildman–Crippen MR) is 97.5 cm³/mol. The highest BCUT2D eigenvalue weighted by Gasteiger charge is 2.38. The summed E-state index contributed by atoms with van der Waals surface area (Å²) in [7, 11) is 0. The number of ether oxygens (including phenoxy) is 1. The maximum absolute atomic E-state index is 10.4. The average molecular weight is 332 g/mol. The van der Waals surface area contributed by atoms with Crippen LogP contribution in [0.5, 0.6) is 5.75 Å². The molecule has 2 heterocycles. The average Bonchev–Trinajstić information content (AvgIpc) is 2.83. The van der Waals surface area contributed by atoms with Crippen molar-refractivity contribution < 1.29 is 9.84 Å². The van der Waals surface area contributed by atoms with Gasteiger partial charge >= 0.3 is 0 Å². The normalized spacial score (nSPS) is 26.5. The molecule has 1 N–H and O–H groups in total. The van der Waals surface area contributed by atoms with Gasteiger partial charge in [-0.1, -0.05) is 12.1 Å². The molecule has 1 aromatic carbocycles. The standard InChI is InChI=1S/C20H32N2O2/c1-15(2)22-17-7-8-18(22)12-21(10-9-17)13-19(23)14-24-20-6-4-5-16(3)11-20/h4-6,11,15,17-19,23H,7-10,12-14H2,1-3H3. The summed E-state index contributed by atoms with van der Waals surface area (Å²) in [5, 5.41) is 10.4. The molecule has 2 aliphatic heterocycles. The van der Waals surface area contributed by atoms with Crippen LogP contribution in [0, 0.1) is 6.92 Å². The number of hydrogen-bond acceptors (Lipinski definition) is 4. The van der Waals surface area contributed by atoms with E-state index in [1.807, 2.05) is 18.2 Å². The monoisotopic (exact) mass is 332 g/mol. The number of benzene rings is 1. The molecule has 2 saturated heterocycles. The van der Waals surface area contributed by atoms with E-state index in [1.165, 1.54) is 24.8 Å². The van der Waals surface area contributed by atoms with Gasteiger partial charge in [0, 0.05) is 31.2 Å². The first-order valence-corrected chi connectivity index (χ1v) is 9.40. The fourth-order valence-corrected chi connectivity index (χ4v) is 4.44. The summed E-state index contributed by atoms with van der Waals surface area (Å²) in [4.78, 5) is 5.14. The third-order valence-electron chi connectivity index (χ3n) is 5.42. The second kappa shape index (κ2) is 7.85. The van der Waals surface area contributed by atoms with Crippen molar-refractivity contribution in [1.82, 2.24) is 9.80 Å². The lowest BCUT2D eigenvalue weighted by Crippen LogP contribution is -2.44. The first kappa shape index (κ1) is 17.7. The summed E-state index contributed by atoms with van der Waals surface area (Å²) >= 11 is 0. The van der Waals surface area contributed by atoms with Crippen LogP contribution in [-0.4, -0.2) is 65.4 Å². The van der Waals surface area contributed by atoms with Crippen LogP contribution in [0.15, 0.2) is 24.3 Å². The third-order valence-corrected chi connectivity index (χ3v) is 5.42. The molecule has 0 aromatic heterocycles. The molecule has 3 unspecified atom stereocenters. The van der Waals surface area contributed by atoms with Gasteiger partial charge in [-0.2, -0.15) is 0 Å². The lowest BCUT2D eigenvalue weighted by Gasteiger charge is -2.32. The molecule has 2 bridgehead atoms. The number of aliphatic hydroxyl groups is 1. The summed E-state index contributed by atoms with van der Waals surface area (Å²) < 4.78 is 5.76. The molecule has 0 amide bonds. The van der Waals surface area contributed by atoms with E-state index in [9.17, 15) is 5.11 Å². The summed E-state index contributed by atoms with van der Waals surface area (Å²) in [6.45, 7) is 9.91. The van der Waals surface area contributed by atoms with Gasteiger partial charge in [0.05, 0.1) is 0 Å². The Balaban J connectivity index is 1.49. The Labute approximate surface area is 146 Å². The van der Waals surface area contributed by atoms with Crippen molar-refractivity contribution in [2.45, 2.75) is 64.3 Å². The molecule has 3 atom stereocenters. The lowest BCUT2D eigenvalue weighted by molar-refractivity contribution is 0.0631. The van der Waals surface area contributed by atoms with Gasteiger partial charge in [0.25, 0.3) is 0 Å². The number of fused-ring (bicyclic) bond motifs is 2. The number of rotatable bonds is 6. The first-order valence-electron chi connectivity index (χ1n) is 9.40. The van der Waals surface area contributed by atoms with Gasteiger partial charge in [-0.3, -0.25) is 9.80 Å². The Bertz CT molecular complexity index is 534. The van der Waals surface area contributed by atoms with Crippen LogP contribution in [0.2, 0.25) is 0 Å². The molecule has 1 aromatic rings. The summed E-state index contributed by atoms with van der Waals surface area (Å²) in [5.74, 6) is 0.843. The summed E-state index contributed by atoms with van der Waals surface area (Å²) in [5.41, 5.74) is 1.18. The molecule has 0 aliphatic carbocycles. The highest BCUT2D eigenvalue weighted by atomic mass is 16.5. The van der Waals surface area contributed by atoms with Crippen molar-refractivity contribution >= 4 is 0 Å². The van der Waals surface area contributed by atoms with Crippen LogP contribution < -0.4 is 4.74 Å². The summed E-state index contributed by atoms with van der Waals surface area (Å²) in [6.07, 6.45) is 3.43. The van der Waals surface area contributed by atoms with E-state index >= 15 is 0 Å². The fraction of sp³-hybridized carbons (Fsp3) is 0.700. The molecule has 0 radical (unpaired) electrons. The number of nitrogens with zero attached hydrogens (tertiary/aromatic N) is 2. The van der Waals surface area contributed by atoms with Crippen molar-refractivity contribution in [2.75, 3.05) is 26.2 Å². The highest BCUT2D eigenvalue weighted by molar-refractivity contribution is 5.27. The van der Waals surface area contributed by atoms with Crippen molar-refractivity contribution in [3.05, 3.63) is 29.8 Å². The van der Waals surface area contributed by atoms with Crippen LogP contribution >= 0.6 is 0 Å². The topological polar surface area (TPSA) is 35.9 Å². The minimum atomic E-state index is -0.436. The Kier molecular flexibility index (Phi) is 5.80. The van der Waals surface area contributed by atoms with Crippen LogP contribution in [0.3, 0.4) is 0 Å². The third kappa shape index (κ3) is 4.29. The number of aryl methyl sites for hydroxylation is 1. The van der Waals surface area contributed by atoms with Gasteiger partial charge in [0.1, 0.15) is 18.5 Å². The quantitative estimate of drug-likeness (QED) is 0.869. The van der Waals surface area contributed by atoms with Crippen molar-refractivity contribution in [2.24, 2.45) is 0 Å². The van der Waals surface area contributed by atoms with E-state index in [4.69, 9.17) is 4.74 Å². The molecule has 2 fully saturated rings. The fourth-order valence-electron chi connectivity index (χ4n) is 4.44. The van der Waals surface area contributed by atoms with Crippen molar-refractivity contribution in [3.63, 3.8) is 0 Å². The second-order valence-electron chi connectivity index (χ2n) is 7.76. The van der Waals surface area contributed by atoms with Gasteiger partial charge in [-0.25, -0.2) is 0 Å². The van der Waals surface area contributed by atoms with Crippen LogP contribution in [0.25, 0.3) is 0 Å². The Morgan fingerprint density at radius 1 is 1.21 bits per heavy atom. The molecule has 0 saturated carbocycles. The van der Waals surface area contributed by atoms with E-state index in [1.54, 1.807) is 0 Å². The van der Waals surface area contributed by atoms with Crippen molar-refractivity contribution in [1.29, 1.82) is 0 Å². The molecule has 2 aliphatic rings. The zero-order valence-corrected chi connectivity index (χ0v) is 15.3. The van der Waals surface area contributed by atoms with Crippen LogP contribution in [-0.2, 0) is 0 Å². The van der Waals surface area contributed by atoms with Gasteiger partial charge in [0.2, 0.25) is 0 Å². The van der Waals surface area contributed by atoms with E-state index < -0.39 is 6.10 Å². The van der Waals surface area contributed by atoms with Gasteiger partial charge < -0.3 is 9.84 Å². The van der Waals surface area contributed by atoms with E-state index in [2.05, 4.69) is 36.6 Å². The Hall–Kier alpha value is -1.10. The van der Waals surface area contributed by atoms with Crippen LogP contribution in [0.1, 0.15) is 38.7 Å². The Morgan fingerprint density at radius 3 is 2.75 bits per heavy atom. The van der Waals surface area contributed by atoms with Gasteiger partial charge in [-0.05, 0) is 64.3 Å². The van der Waals surface area contributed by atoms with Crippen LogP contribution in [0.4, 0.5) is 0 Å². The molecule has 24 heavy (non-hydrogen) atoms. The summed E-state index contributed by atoms with van der Waals surface area (Å²) in [6, 6.07) is 10.0. The lowest BCUT2D eigenvalue weighted by atomic mass is 10.1. The smallest absolute Gasteiger partial charge is 0.119 e. The molecular formula is C20H32N2O2. The zero-order valence-electron chi connectivity index (χ0n) is 15.3. The van der Waals surface area contributed by atoms with Gasteiger partial charge in [0.15, 0.2) is 0 Å². The second-order valence-corrected chi connectivity index (χ2v) is 7.76. The molecule has 3 rings (SSSR count). The van der Waals surface area contributed by atoms with Gasteiger partial charge in [-0.15, -0.1) is 0 Å². The zero-order chi connectivity index (χ0) is 17.1. The minimum absolute atomic E-state index is 0.363. The molecular weight excluding hydrogens is 300 g/mol. The molecule has 134 valence electrons. The van der Waals surface area contributed by atoms with Crippen molar-refractivity contribution in [3.8, 4) is 5.75 Å².